The molecule has 0 aromatic heterocycles. The molecule has 96 valence electrons. The third-order valence-electron chi connectivity index (χ3n) is 2.11. The van der Waals surface area contributed by atoms with Crippen molar-refractivity contribution < 1.29 is 25.6 Å². The van der Waals surface area contributed by atoms with Crippen LogP contribution in [0.1, 0.15) is 5.56 Å². The molecule has 0 radical (unpaired) electrons. The summed E-state index contributed by atoms with van der Waals surface area (Å²) in [6, 6.07) is 0.0807. The third-order valence-corrected chi connectivity index (χ3v) is 4.99. The number of alkyl halides is 2. The molecular weight excluding hydrogens is 274 g/mol. The summed E-state index contributed by atoms with van der Waals surface area (Å²) in [4.78, 5) is -1.36. The van der Waals surface area contributed by atoms with Crippen molar-refractivity contribution in [1.82, 2.24) is 0 Å². The van der Waals surface area contributed by atoms with E-state index >= 15 is 0 Å². The molecule has 0 unspecified atom stereocenters. The molecule has 17 heavy (non-hydrogen) atoms. The van der Waals surface area contributed by atoms with E-state index in [9.17, 15) is 25.6 Å². The van der Waals surface area contributed by atoms with Crippen molar-refractivity contribution in [3.8, 4) is 0 Å². The Balaban J connectivity index is 3.73. The highest BCUT2D eigenvalue weighted by Crippen LogP contribution is 2.26. The smallest absolute Gasteiger partial charge is 0.209 e. The Labute approximate surface area is 98.1 Å². The number of rotatable bonds is 4. The lowest BCUT2D eigenvalue weighted by atomic mass is 10.2. The van der Waals surface area contributed by atoms with Crippen molar-refractivity contribution >= 4 is 19.7 Å². The Kier molecular flexibility index (Phi) is 3.88. The van der Waals surface area contributed by atoms with Crippen molar-refractivity contribution in [3.05, 3.63) is 23.8 Å². The van der Waals surface area contributed by atoms with Crippen molar-refractivity contribution in [2.75, 3.05) is 12.0 Å². The normalized spacial score (nSPS) is 12.6. The van der Waals surface area contributed by atoms with E-state index in [2.05, 4.69) is 0 Å². The molecular formula is C9H10F2O4S2. The molecule has 0 saturated carbocycles. The predicted octanol–water partition coefficient (Wildman–Crippen LogP) is 1.40. The topological polar surface area (TPSA) is 68.3 Å². The van der Waals surface area contributed by atoms with E-state index in [-0.39, 0.29) is 5.56 Å². The van der Waals surface area contributed by atoms with E-state index in [1.54, 1.807) is 0 Å². The van der Waals surface area contributed by atoms with Gasteiger partial charge < -0.3 is 0 Å². The molecule has 0 fully saturated rings. The van der Waals surface area contributed by atoms with Crippen molar-refractivity contribution in [1.29, 1.82) is 0 Å². The molecule has 0 aliphatic rings. The largest absolute Gasteiger partial charge is 0.233 e. The van der Waals surface area contributed by atoms with Crippen LogP contribution in [0.2, 0.25) is 0 Å². The summed E-state index contributed by atoms with van der Waals surface area (Å²) < 4.78 is 70.5. The van der Waals surface area contributed by atoms with Crippen molar-refractivity contribution in [3.63, 3.8) is 0 Å². The number of halogens is 2. The van der Waals surface area contributed by atoms with Crippen LogP contribution in [-0.4, -0.2) is 28.8 Å². The quantitative estimate of drug-likeness (QED) is 0.838. The average molecular weight is 284 g/mol. The first-order chi connectivity index (χ1) is 7.76. The third kappa shape index (κ3) is 2.63. The minimum atomic E-state index is -4.37. The second-order valence-corrected chi connectivity index (χ2v) is 7.09. The van der Waals surface area contributed by atoms with Crippen LogP contribution in [-0.2, 0) is 19.7 Å². The minimum absolute atomic E-state index is 0.0668. The summed E-state index contributed by atoms with van der Waals surface area (Å²) in [6.07, 6.45) is 0. The summed E-state index contributed by atoms with van der Waals surface area (Å²) in [5, 5.41) is 0. The van der Waals surface area contributed by atoms with Crippen molar-refractivity contribution in [2.45, 2.75) is 16.7 Å². The Morgan fingerprint density at radius 3 is 2.00 bits per heavy atom. The molecule has 0 N–H and O–H groups in total. The summed E-state index contributed by atoms with van der Waals surface area (Å²) in [5.74, 6) is 0. The molecule has 0 aliphatic heterocycles. The van der Waals surface area contributed by atoms with Crippen LogP contribution in [0.3, 0.4) is 0 Å². The first-order valence-electron chi connectivity index (χ1n) is 4.43. The fourth-order valence-corrected chi connectivity index (χ4v) is 4.03. The second-order valence-electron chi connectivity index (χ2n) is 3.35. The van der Waals surface area contributed by atoms with Gasteiger partial charge in [-0.2, -0.15) is 0 Å². The number of aryl methyl sites for hydroxylation is 1. The van der Waals surface area contributed by atoms with Gasteiger partial charge in [0.15, 0.2) is 12.0 Å². The standard InChI is InChI=1S/C9H10F2O4S2/c1-7-3-2-4-8(16(12,13)5-10)9(7)17(14,15)6-11/h2-4H,5-6H2,1H3. The van der Waals surface area contributed by atoms with Crippen LogP contribution < -0.4 is 0 Å². The van der Waals surface area contributed by atoms with Gasteiger partial charge in [0.1, 0.15) is 0 Å². The molecule has 1 aromatic carbocycles. The van der Waals surface area contributed by atoms with E-state index in [0.717, 1.165) is 6.07 Å². The second kappa shape index (κ2) is 4.69. The monoisotopic (exact) mass is 284 g/mol. The predicted molar refractivity (Wildman–Crippen MR) is 57.5 cm³/mol. The maximum atomic E-state index is 12.4. The Morgan fingerprint density at radius 2 is 1.53 bits per heavy atom. The number of sulfone groups is 2. The lowest BCUT2D eigenvalue weighted by Crippen LogP contribution is -2.13. The molecule has 0 heterocycles. The summed E-state index contributed by atoms with van der Waals surface area (Å²) in [6.45, 7) is 1.32. The van der Waals surface area contributed by atoms with Gasteiger partial charge >= 0.3 is 0 Å². The molecule has 0 aliphatic carbocycles. The summed E-state index contributed by atoms with van der Waals surface area (Å²) in [5.41, 5.74) is 0.0668. The highest BCUT2D eigenvalue weighted by Gasteiger charge is 2.28. The fraction of sp³-hybridized carbons (Fsp3) is 0.333. The maximum Gasteiger partial charge on any atom is 0.209 e. The lowest BCUT2D eigenvalue weighted by molar-refractivity contribution is 0.524. The van der Waals surface area contributed by atoms with Gasteiger partial charge in [-0.05, 0) is 18.6 Å². The van der Waals surface area contributed by atoms with Crippen LogP contribution in [0, 0.1) is 6.92 Å². The van der Waals surface area contributed by atoms with Gasteiger partial charge in [-0.1, -0.05) is 12.1 Å². The fourth-order valence-electron chi connectivity index (χ4n) is 1.38. The van der Waals surface area contributed by atoms with E-state index in [0.29, 0.717) is 0 Å². The van der Waals surface area contributed by atoms with E-state index in [4.69, 9.17) is 0 Å². The molecule has 4 nitrogen and oxygen atoms in total. The van der Waals surface area contributed by atoms with E-state index in [1.807, 2.05) is 0 Å². The number of hydrogen-bond acceptors (Lipinski definition) is 4. The summed E-state index contributed by atoms with van der Waals surface area (Å²) in [7, 11) is -8.72. The Bertz CT molecular complexity index is 620. The first-order valence-corrected chi connectivity index (χ1v) is 7.74. The lowest BCUT2D eigenvalue weighted by Gasteiger charge is -2.10. The molecule has 0 bridgehead atoms. The van der Waals surface area contributed by atoms with Gasteiger partial charge in [-0.15, -0.1) is 0 Å². The van der Waals surface area contributed by atoms with E-state index < -0.39 is 41.5 Å². The zero-order valence-corrected chi connectivity index (χ0v) is 10.5. The molecule has 1 rings (SSSR count). The van der Waals surface area contributed by atoms with Crippen LogP contribution >= 0.6 is 0 Å². The van der Waals surface area contributed by atoms with Crippen LogP contribution in [0.4, 0.5) is 8.78 Å². The zero-order valence-electron chi connectivity index (χ0n) is 8.85. The highest BCUT2D eigenvalue weighted by atomic mass is 32.2. The van der Waals surface area contributed by atoms with Gasteiger partial charge in [0, 0.05) is 0 Å². The van der Waals surface area contributed by atoms with Gasteiger partial charge in [0.25, 0.3) is 0 Å². The molecule has 0 saturated heterocycles. The number of benzene rings is 1. The highest BCUT2D eigenvalue weighted by molar-refractivity contribution is 7.94. The Morgan fingerprint density at radius 1 is 1.00 bits per heavy atom. The van der Waals surface area contributed by atoms with Gasteiger partial charge in [0.2, 0.25) is 19.7 Å². The zero-order chi connectivity index (χ0) is 13.3. The average Bonchev–Trinajstić information content (AvgIpc) is 2.28. The molecule has 0 spiro atoms. The van der Waals surface area contributed by atoms with Gasteiger partial charge in [-0.25, -0.2) is 25.6 Å². The molecule has 1 aromatic rings. The van der Waals surface area contributed by atoms with Crippen LogP contribution in [0.25, 0.3) is 0 Å². The van der Waals surface area contributed by atoms with Crippen LogP contribution in [0.5, 0.6) is 0 Å². The first kappa shape index (κ1) is 14.0. The summed E-state index contributed by atoms with van der Waals surface area (Å²) >= 11 is 0. The molecule has 0 atom stereocenters. The Hall–Kier alpha value is -1.02. The maximum absolute atomic E-state index is 12.4. The SMILES string of the molecule is Cc1cccc(S(=O)(=O)CF)c1S(=O)(=O)CF. The molecule has 8 heteroatoms. The van der Waals surface area contributed by atoms with Crippen molar-refractivity contribution in [2.24, 2.45) is 0 Å². The number of hydrogen-bond donors (Lipinski definition) is 0. The van der Waals surface area contributed by atoms with Gasteiger partial charge in [-0.3, -0.25) is 0 Å². The van der Waals surface area contributed by atoms with E-state index in [1.165, 1.54) is 19.1 Å². The van der Waals surface area contributed by atoms with Crippen LogP contribution in [0.15, 0.2) is 28.0 Å². The molecule has 0 amide bonds. The minimum Gasteiger partial charge on any atom is -0.233 e. The van der Waals surface area contributed by atoms with Gasteiger partial charge in [0.05, 0.1) is 9.79 Å².